The minimum Gasteiger partial charge on any atom is -0.464 e. The number of hydrogen-bond donors (Lipinski definition) is 2. The standard InChI is InChI=1S/C11H8N2O4/c14-10(15)13(11(16)17)9-5-6-12-8-4-2-1-3-7(8)9/h1-6H,(H,14,15)(H,16,17). The number of imide groups is 1. The first-order chi connectivity index (χ1) is 8.11. The van der Waals surface area contributed by atoms with E-state index in [0.29, 0.717) is 10.9 Å². The van der Waals surface area contributed by atoms with Crippen LogP contribution in [0.4, 0.5) is 15.3 Å². The molecule has 86 valence electrons. The third kappa shape index (κ3) is 1.87. The summed E-state index contributed by atoms with van der Waals surface area (Å²) >= 11 is 0. The van der Waals surface area contributed by atoms with Gasteiger partial charge in [-0.25, -0.2) is 9.59 Å². The maximum atomic E-state index is 10.9. The first kappa shape index (κ1) is 10.9. The summed E-state index contributed by atoms with van der Waals surface area (Å²) in [4.78, 5) is 26.1. The molecule has 6 heteroatoms. The van der Waals surface area contributed by atoms with Crippen molar-refractivity contribution in [3.05, 3.63) is 36.5 Å². The second-order valence-electron chi connectivity index (χ2n) is 3.25. The molecule has 2 amide bonds. The summed E-state index contributed by atoms with van der Waals surface area (Å²) in [5.41, 5.74) is 0.619. The lowest BCUT2D eigenvalue weighted by atomic mass is 10.2. The average molecular weight is 232 g/mol. The number of aromatic nitrogens is 1. The van der Waals surface area contributed by atoms with Gasteiger partial charge in [-0.1, -0.05) is 18.2 Å². The van der Waals surface area contributed by atoms with Gasteiger partial charge in [-0.2, -0.15) is 4.90 Å². The molecule has 0 bridgehead atoms. The van der Waals surface area contributed by atoms with E-state index in [1.54, 1.807) is 24.3 Å². The topological polar surface area (TPSA) is 90.7 Å². The molecule has 1 heterocycles. The van der Waals surface area contributed by atoms with E-state index >= 15 is 0 Å². The summed E-state index contributed by atoms with van der Waals surface area (Å²) in [6, 6.07) is 8.09. The highest BCUT2D eigenvalue weighted by molar-refractivity contribution is 6.13. The van der Waals surface area contributed by atoms with E-state index in [2.05, 4.69) is 4.98 Å². The van der Waals surface area contributed by atoms with Crippen molar-refractivity contribution < 1.29 is 19.8 Å². The van der Waals surface area contributed by atoms with Gasteiger partial charge in [-0.15, -0.1) is 0 Å². The Bertz CT molecular complexity index is 578. The van der Waals surface area contributed by atoms with Gasteiger partial charge in [0.15, 0.2) is 0 Å². The predicted molar refractivity (Wildman–Crippen MR) is 60.3 cm³/mol. The molecule has 0 atom stereocenters. The van der Waals surface area contributed by atoms with Crippen LogP contribution in [0.2, 0.25) is 0 Å². The van der Waals surface area contributed by atoms with E-state index in [4.69, 9.17) is 10.2 Å². The molecule has 0 fully saturated rings. The van der Waals surface area contributed by atoms with E-state index in [-0.39, 0.29) is 10.6 Å². The minimum absolute atomic E-state index is 0.0793. The zero-order valence-corrected chi connectivity index (χ0v) is 8.57. The van der Waals surface area contributed by atoms with Crippen molar-refractivity contribution in [2.75, 3.05) is 4.90 Å². The van der Waals surface area contributed by atoms with E-state index in [1.807, 2.05) is 0 Å². The molecule has 2 rings (SSSR count). The highest BCUT2D eigenvalue weighted by Crippen LogP contribution is 2.25. The Morgan fingerprint density at radius 2 is 1.71 bits per heavy atom. The second kappa shape index (κ2) is 4.09. The van der Waals surface area contributed by atoms with Gasteiger partial charge in [0, 0.05) is 11.6 Å². The first-order valence-corrected chi connectivity index (χ1v) is 4.71. The lowest BCUT2D eigenvalue weighted by Gasteiger charge is -2.15. The number of fused-ring (bicyclic) bond motifs is 1. The molecule has 0 aliphatic rings. The Labute approximate surface area is 95.7 Å². The molecule has 2 aromatic rings. The molecule has 1 aromatic heterocycles. The van der Waals surface area contributed by atoms with Crippen LogP contribution in [0.5, 0.6) is 0 Å². The molecular formula is C11H8N2O4. The molecule has 1 aromatic carbocycles. The fourth-order valence-corrected chi connectivity index (χ4v) is 1.56. The lowest BCUT2D eigenvalue weighted by molar-refractivity contribution is 0.184. The molecule has 0 saturated heterocycles. The van der Waals surface area contributed by atoms with Crippen LogP contribution in [-0.4, -0.2) is 27.4 Å². The summed E-state index contributed by atoms with van der Waals surface area (Å²) in [6.45, 7) is 0. The molecule has 0 aliphatic carbocycles. The van der Waals surface area contributed by atoms with Crippen molar-refractivity contribution in [1.82, 2.24) is 4.98 Å². The van der Waals surface area contributed by atoms with Gasteiger partial charge >= 0.3 is 12.2 Å². The Morgan fingerprint density at radius 1 is 1.06 bits per heavy atom. The number of pyridine rings is 1. The molecule has 17 heavy (non-hydrogen) atoms. The van der Waals surface area contributed by atoms with E-state index in [1.165, 1.54) is 12.3 Å². The van der Waals surface area contributed by atoms with Crippen LogP contribution in [0.3, 0.4) is 0 Å². The van der Waals surface area contributed by atoms with E-state index in [0.717, 1.165) is 0 Å². The normalized spacial score (nSPS) is 10.1. The summed E-state index contributed by atoms with van der Waals surface area (Å²) in [5, 5.41) is 18.2. The van der Waals surface area contributed by atoms with Gasteiger partial charge < -0.3 is 10.2 Å². The van der Waals surface area contributed by atoms with Crippen molar-refractivity contribution in [1.29, 1.82) is 0 Å². The van der Waals surface area contributed by atoms with Crippen LogP contribution < -0.4 is 4.90 Å². The average Bonchev–Trinajstić information content (AvgIpc) is 2.28. The van der Waals surface area contributed by atoms with Crippen LogP contribution in [-0.2, 0) is 0 Å². The first-order valence-electron chi connectivity index (χ1n) is 4.71. The van der Waals surface area contributed by atoms with Gasteiger partial charge in [-0.05, 0) is 12.1 Å². The Kier molecular flexibility index (Phi) is 2.61. The third-order valence-corrected chi connectivity index (χ3v) is 2.25. The van der Waals surface area contributed by atoms with Gasteiger partial charge in [0.25, 0.3) is 0 Å². The zero-order valence-electron chi connectivity index (χ0n) is 8.57. The summed E-state index contributed by atoms with van der Waals surface area (Å²) < 4.78 is 0. The number of benzene rings is 1. The fraction of sp³-hybridized carbons (Fsp3) is 0. The number of nitrogens with zero attached hydrogens (tertiary/aromatic N) is 2. The summed E-state index contributed by atoms with van der Waals surface area (Å²) in [6.07, 6.45) is -1.72. The molecule has 0 saturated carbocycles. The Morgan fingerprint density at radius 3 is 2.35 bits per heavy atom. The maximum Gasteiger partial charge on any atom is 0.421 e. The van der Waals surface area contributed by atoms with Crippen molar-refractivity contribution in [2.45, 2.75) is 0 Å². The Hall–Kier alpha value is -2.63. The molecule has 0 radical (unpaired) electrons. The monoisotopic (exact) mass is 232 g/mol. The van der Waals surface area contributed by atoms with Crippen molar-refractivity contribution in [2.24, 2.45) is 0 Å². The lowest BCUT2D eigenvalue weighted by Crippen LogP contribution is -2.34. The minimum atomic E-state index is -1.55. The van der Waals surface area contributed by atoms with Gasteiger partial charge in [0.05, 0.1) is 11.2 Å². The molecule has 0 spiro atoms. The van der Waals surface area contributed by atoms with Gasteiger partial charge in [0.1, 0.15) is 0 Å². The van der Waals surface area contributed by atoms with E-state index in [9.17, 15) is 9.59 Å². The van der Waals surface area contributed by atoms with Crippen molar-refractivity contribution >= 4 is 28.8 Å². The quantitative estimate of drug-likeness (QED) is 0.787. The third-order valence-electron chi connectivity index (χ3n) is 2.25. The van der Waals surface area contributed by atoms with E-state index < -0.39 is 12.2 Å². The van der Waals surface area contributed by atoms with Crippen LogP contribution in [0.25, 0.3) is 10.9 Å². The highest BCUT2D eigenvalue weighted by Gasteiger charge is 2.23. The van der Waals surface area contributed by atoms with Crippen LogP contribution in [0, 0.1) is 0 Å². The summed E-state index contributed by atoms with van der Waals surface area (Å²) in [7, 11) is 0. The molecule has 6 nitrogen and oxygen atoms in total. The van der Waals surface area contributed by atoms with Gasteiger partial charge in [0.2, 0.25) is 0 Å². The summed E-state index contributed by atoms with van der Waals surface area (Å²) in [5.74, 6) is 0. The number of anilines is 1. The molecule has 0 aliphatic heterocycles. The zero-order chi connectivity index (χ0) is 12.4. The smallest absolute Gasteiger partial charge is 0.421 e. The molecule has 2 N–H and O–H groups in total. The highest BCUT2D eigenvalue weighted by atomic mass is 16.4. The number of hydrogen-bond acceptors (Lipinski definition) is 3. The fourth-order valence-electron chi connectivity index (χ4n) is 1.56. The van der Waals surface area contributed by atoms with Crippen LogP contribution in [0.1, 0.15) is 0 Å². The SMILES string of the molecule is O=C(O)N(C(=O)O)c1ccnc2ccccc12. The van der Waals surface area contributed by atoms with Crippen molar-refractivity contribution in [3.63, 3.8) is 0 Å². The predicted octanol–water partition coefficient (Wildman–Crippen LogP) is 2.40. The molecule has 0 unspecified atom stereocenters. The number of amides is 2. The largest absolute Gasteiger partial charge is 0.464 e. The Balaban J connectivity index is 2.69. The number of carbonyl (C=O) groups is 2. The second-order valence-corrected chi connectivity index (χ2v) is 3.25. The number of carboxylic acid groups (broad SMARTS) is 2. The van der Waals surface area contributed by atoms with Crippen LogP contribution in [0.15, 0.2) is 36.5 Å². The maximum absolute atomic E-state index is 10.9. The number of para-hydroxylation sites is 1. The van der Waals surface area contributed by atoms with Gasteiger partial charge in [-0.3, -0.25) is 4.98 Å². The molecular weight excluding hydrogens is 224 g/mol. The number of rotatable bonds is 1. The van der Waals surface area contributed by atoms with Crippen LogP contribution >= 0.6 is 0 Å². The van der Waals surface area contributed by atoms with Crippen molar-refractivity contribution in [3.8, 4) is 0 Å².